The van der Waals surface area contributed by atoms with E-state index >= 15 is 0 Å². The number of phenols is 1. The third-order valence-corrected chi connectivity index (χ3v) is 8.06. The minimum atomic E-state index is -0.337. The summed E-state index contributed by atoms with van der Waals surface area (Å²) in [5.74, 6) is 2.65. The molecule has 1 N–H and O–H groups in total. The Morgan fingerprint density at radius 3 is 2.62 bits per heavy atom. The Labute approximate surface area is 236 Å². The fourth-order valence-corrected chi connectivity index (χ4v) is 5.77. The first kappa shape index (κ1) is 26.1. The summed E-state index contributed by atoms with van der Waals surface area (Å²) in [6.07, 6.45) is 6.06. The van der Waals surface area contributed by atoms with Gasteiger partial charge in [0.05, 0.1) is 11.9 Å². The molecular weight excluding hydrogens is 498 g/mol. The van der Waals surface area contributed by atoms with Gasteiger partial charge in [0.15, 0.2) is 0 Å². The topological polar surface area (TPSA) is 67.7 Å². The van der Waals surface area contributed by atoms with E-state index < -0.39 is 0 Å². The van der Waals surface area contributed by atoms with Crippen molar-refractivity contribution in [1.29, 1.82) is 0 Å². The number of aromatic nitrogens is 2. The van der Waals surface area contributed by atoms with Gasteiger partial charge in [0.2, 0.25) is 0 Å². The Hall–Kier alpha value is -4.16. The van der Waals surface area contributed by atoms with Crippen molar-refractivity contribution in [2.45, 2.75) is 39.3 Å². The first-order valence-electron chi connectivity index (χ1n) is 14.0. The molecule has 1 aromatic heterocycles. The van der Waals surface area contributed by atoms with Crippen molar-refractivity contribution in [3.05, 3.63) is 102 Å². The quantitative estimate of drug-likeness (QED) is 0.275. The van der Waals surface area contributed by atoms with Gasteiger partial charge < -0.3 is 14.6 Å². The molecule has 1 saturated heterocycles. The summed E-state index contributed by atoms with van der Waals surface area (Å²) >= 11 is 0. The van der Waals surface area contributed by atoms with Crippen LogP contribution in [-0.4, -0.2) is 45.7 Å². The average Bonchev–Trinajstić information content (AvgIpc) is 3.42. The number of benzene rings is 3. The summed E-state index contributed by atoms with van der Waals surface area (Å²) in [5, 5.41) is 10.3. The maximum absolute atomic E-state index is 10.3. The fraction of sp³-hybridized carbons (Fsp3) is 0.294. The number of nitrogens with zero attached hydrogens (tertiary/aromatic N) is 3. The molecule has 0 bridgehead atoms. The Bertz CT molecular complexity index is 1520. The Kier molecular flexibility index (Phi) is 7.27. The summed E-state index contributed by atoms with van der Waals surface area (Å²) in [6.45, 7) is 9.64. The highest BCUT2D eigenvalue weighted by molar-refractivity contribution is 5.96. The van der Waals surface area contributed by atoms with Crippen molar-refractivity contribution in [1.82, 2.24) is 14.9 Å². The Morgan fingerprint density at radius 1 is 1.05 bits per heavy atom. The molecule has 3 atom stereocenters. The highest BCUT2D eigenvalue weighted by atomic mass is 16.5. The van der Waals surface area contributed by atoms with Gasteiger partial charge >= 0.3 is 0 Å². The van der Waals surface area contributed by atoms with E-state index in [1.807, 2.05) is 36.4 Å². The molecule has 0 aliphatic carbocycles. The third kappa shape index (κ3) is 5.32. The Balaban J connectivity index is 1.30. The van der Waals surface area contributed by atoms with E-state index in [0.717, 1.165) is 69.6 Å². The largest absolute Gasteiger partial charge is 0.508 e. The molecule has 0 spiro atoms. The van der Waals surface area contributed by atoms with E-state index in [1.165, 1.54) is 6.42 Å². The SMILES string of the molecule is CC1=C(c2cccc(O)c2)C(c2ccc(OC[C@H](C)N3CC[C@@H](C)C3)cc2)Oc2ccc(-c3cnccn3)cc21. The van der Waals surface area contributed by atoms with Crippen LogP contribution in [0.25, 0.3) is 22.4 Å². The van der Waals surface area contributed by atoms with Crippen molar-refractivity contribution in [2.75, 3.05) is 19.7 Å². The molecule has 6 rings (SSSR count). The van der Waals surface area contributed by atoms with Crippen LogP contribution in [0.4, 0.5) is 0 Å². The van der Waals surface area contributed by atoms with Gasteiger partial charge in [-0.05, 0) is 91.9 Å². The van der Waals surface area contributed by atoms with E-state index in [4.69, 9.17) is 9.47 Å². The predicted molar refractivity (Wildman–Crippen MR) is 158 cm³/mol. The van der Waals surface area contributed by atoms with Gasteiger partial charge in [-0.1, -0.05) is 31.2 Å². The van der Waals surface area contributed by atoms with Gasteiger partial charge in [-0.3, -0.25) is 14.9 Å². The number of fused-ring (bicyclic) bond motifs is 1. The first-order chi connectivity index (χ1) is 19.5. The smallest absolute Gasteiger partial charge is 0.150 e. The predicted octanol–water partition coefficient (Wildman–Crippen LogP) is 7.02. The second-order valence-electron chi connectivity index (χ2n) is 11.0. The normalized spacial score (nSPS) is 19.7. The van der Waals surface area contributed by atoms with Crippen LogP contribution in [0, 0.1) is 5.92 Å². The van der Waals surface area contributed by atoms with Gasteiger partial charge in [0, 0.05) is 41.7 Å². The molecule has 0 saturated carbocycles. The minimum Gasteiger partial charge on any atom is -0.508 e. The van der Waals surface area contributed by atoms with E-state index in [0.29, 0.717) is 12.6 Å². The number of hydrogen-bond donors (Lipinski definition) is 1. The zero-order valence-corrected chi connectivity index (χ0v) is 23.2. The van der Waals surface area contributed by atoms with Crippen molar-refractivity contribution in [2.24, 2.45) is 5.92 Å². The summed E-state index contributed by atoms with van der Waals surface area (Å²) < 4.78 is 12.9. The zero-order chi connectivity index (χ0) is 27.6. The number of ether oxygens (including phenoxy) is 2. The lowest BCUT2D eigenvalue weighted by molar-refractivity contribution is 0.169. The molecular formula is C34H35N3O3. The number of hydrogen-bond acceptors (Lipinski definition) is 6. The van der Waals surface area contributed by atoms with Crippen molar-refractivity contribution < 1.29 is 14.6 Å². The molecule has 2 aliphatic rings. The van der Waals surface area contributed by atoms with Crippen LogP contribution in [0.5, 0.6) is 17.2 Å². The molecule has 4 aromatic rings. The maximum Gasteiger partial charge on any atom is 0.150 e. The van der Waals surface area contributed by atoms with Crippen molar-refractivity contribution >= 4 is 11.1 Å². The third-order valence-electron chi connectivity index (χ3n) is 8.06. The minimum absolute atomic E-state index is 0.223. The number of phenolic OH excluding ortho intramolecular Hbond substituents is 1. The fourth-order valence-electron chi connectivity index (χ4n) is 5.77. The van der Waals surface area contributed by atoms with E-state index in [-0.39, 0.29) is 11.9 Å². The molecule has 1 unspecified atom stereocenters. The van der Waals surface area contributed by atoms with Crippen LogP contribution >= 0.6 is 0 Å². The molecule has 40 heavy (non-hydrogen) atoms. The van der Waals surface area contributed by atoms with Gasteiger partial charge in [0.25, 0.3) is 0 Å². The van der Waals surface area contributed by atoms with Crippen molar-refractivity contribution in [3.8, 4) is 28.5 Å². The van der Waals surface area contributed by atoms with E-state index in [9.17, 15) is 5.11 Å². The number of likely N-dealkylation sites (tertiary alicyclic amines) is 1. The van der Waals surface area contributed by atoms with Gasteiger partial charge in [-0.25, -0.2) is 0 Å². The monoisotopic (exact) mass is 533 g/mol. The lowest BCUT2D eigenvalue weighted by Gasteiger charge is -2.31. The summed E-state index contributed by atoms with van der Waals surface area (Å²) in [6, 6.07) is 22.1. The molecule has 0 radical (unpaired) electrons. The van der Waals surface area contributed by atoms with Crippen LogP contribution in [0.1, 0.15) is 50.0 Å². The summed E-state index contributed by atoms with van der Waals surface area (Å²) in [4.78, 5) is 11.2. The van der Waals surface area contributed by atoms with E-state index in [2.05, 4.69) is 53.8 Å². The number of rotatable bonds is 7. The van der Waals surface area contributed by atoms with Crippen LogP contribution in [0.3, 0.4) is 0 Å². The lowest BCUT2D eigenvalue weighted by Crippen LogP contribution is -2.35. The van der Waals surface area contributed by atoms with Crippen LogP contribution in [0.2, 0.25) is 0 Å². The standard InChI is InChI=1S/C34H35N3O3/c1-22-13-16-37(20-22)23(2)21-39-29-10-7-25(8-11-29)34-33(27-5-4-6-28(38)17-27)24(3)30-18-26(9-12-32(30)40-34)31-19-35-14-15-36-31/h4-12,14-15,17-19,22-23,34,38H,13,16,20-21H2,1-3H3/t22-,23+,34?/m1/s1. The molecule has 6 heteroatoms. The first-order valence-corrected chi connectivity index (χ1v) is 14.0. The zero-order valence-electron chi connectivity index (χ0n) is 23.2. The molecule has 6 nitrogen and oxygen atoms in total. The molecule has 3 aromatic carbocycles. The van der Waals surface area contributed by atoms with Crippen LogP contribution in [0.15, 0.2) is 85.3 Å². The molecule has 2 aliphatic heterocycles. The van der Waals surface area contributed by atoms with Gasteiger partial charge in [0.1, 0.15) is 30.0 Å². The molecule has 1 fully saturated rings. The molecule has 3 heterocycles. The second-order valence-corrected chi connectivity index (χ2v) is 11.0. The number of aromatic hydroxyl groups is 1. The Morgan fingerprint density at radius 2 is 1.90 bits per heavy atom. The average molecular weight is 534 g/mol. The molecule has 0 amide bonds. The summed E-state index contributed by atoms with van der Waals surface area (Å²) in [7, 11) is 0. The second kappa shape index (κ2) is 11.1. The highest BCUT2D eigenvalue weighted by Gasteiger charge is 2.30. The van der Waals surface area contributed by atoms with Crippen LogP contribution < -0.4 is 9.47 Å². The highest BCUT2D eigenvalue weighted by Crippen LogP contribution is 2.47. The molecule has 204 valence electrons. The number of allylic oxidation sites excluding steroid dienone is 1. The van der Waals surface area contributed by atoms with Crippen LogP contribution in [-0.2, 0) is 0 Å². The van der Waals surface area contributed by atoms with Gasteiger partial charge in [-0.2, -0.15) is 0 Å². The van der Waals surface area contributed by atoms with Crippen molar-refractivity contribution in [3.63, 3.8) is 0 Å². The maximum atomic E-state index is 10.3. The summed E-state index contributed by atoms with van der Waals surface area (Å²) in [5.41, 5.74) is 6.85. The van der Waals surface area contributed by atoms with E-state index in [1.54, 1.807) is 30.7 Å². The lowest BCUT2D eigenvalue weighted by atomic mass is 9.85. The van der Waals surface area contributed by atoms with Gasteiger partial charge in [-0.15, -0.1) is 0 Å².